The summed E-state index contributed by atoms with van der Waals surface area (Å²) >= 11 is 6.48. The van der Waals surface area contributed by atoms with Crippen LogP contribution < -0.4 is 0 Å². The number of halogens is 1. The summed E-state index contributed by atoms with van der Waals surface area (Å²) in [6.45, 7) is 2.26. The quantitative estimate of drug-likeness (QED) is 0.370. The van der Waals surface area contributed by atoms with Crippen molar-refractivity contribution in [3.8, 4) is 0 Å². The molecule has 0 saturated heterocycles. The summed E-state index contributed by atoms with van der Waals surface area (Å²) < 4.78 is 1.85. The monoisotopic (exact) mass is 321 g/mol. The smallest absolute Gasteiger partial charge is 0.128 e. The molecule has 0 spiro atoms. The highest BCUT2D eigenvalue weighted by atomic mass is 35.5. The largest absolute Gasteiger partial charge is 0.227 e. The Kier molecular flexibility index (Phi) is 7.72. The molecule has 3 nitrogen and oxygen atoms in total. The molecule has 2 rings (SSSR count). The Labute approximate surface area is 139 Å². The van der Waals surface area contributed by atoms with E-state index in [0.29, 0.717) is 0 Å². The van der Waals surface area contributed by atoms with Crippen molar-refractivity contribution in [2.75, 3.05) is 0 Å². The van der Waals surface area contributed by atoms with E-state index in [9.17, 15) is 0 Å². The minimum Gasteiger partial charge on any atom is -0.227 e. The van der Waals surface area contributed by atoms with Crippen molar-refractivity contribution in [3.05, 3.63) is 24.3 Å². The fourth-order valence-electron chi connectivity index (χ4n) is 2.84. The molecule has 1 heterocycles. The molecule has 0 radical (unpaired) electrons. The third-order valence-corrected chi connectivity index (χ3v) is 4.59. The molecule has 0 aliphatic carbocycles. The summed E-state index contributed by atoms with van der Waals surface area (Å²) in [5.74, 6) is 0. The lowest BCUT2D eigenvalue weighted by atomic mass is 10.1. The Morgan fingerprint density at radius 2 is 1.59 bits per heavy atom. The number of aromatic nitrogens is 3. The van der Waals surface area contributed by atoms with Crippen LogP contribution >= 0.6 is 11.6 Å². The third kappa shape index (κ3) is 5.28. The van der Waals surface area contributed by atoms with Crippen LogP contribution in [-0.4, -0.2) is 15.0 Å². The zero-order valence-corrected chi connectivity index (χ0v) is 14.4. The van der Waals surface area contributed by atoms with E-state index in [2.05, 4.69) is 17.2 Å². The van der Waals surface area contributed by atoms with Gasteiger partial charge in [0, 0.05) is 0 Å². The van der Waals surface area contributed by atoms with Gasteiger partial charge in [-0.1, -0.05) is 93.7 Å². The van der Waals surface area contributed by atoms with Crippen LogP contribution in [-0.2, 0) is 0 Å². The van der Waals surface area contributed by atoms with Crippen LogP contribution in [0.5, 0.6) is 0 Å². The van der Waals surface area contributed by atoms with E-state index in [4.69, 9.17) is 11.6 Å². The lowest BCUT2D eigenvalue weighted by Crippen LogP contribution is -2.04. The maximum absolute atomic E-state index is 6.48. The van der Waals surface area contributed by atoms with Gasteiger partial charge in [-0.05, 0) is 18.6 Å². The van der Waals surface area contributed by atoms with Gasteiger partial charge in [-0.3, -0.25) is 0 Å². The minimum atomic E-state index is -0.0862. The van der Waals surface area contributed by atoms with Crippen molar-refractivity contribution in [3.63, 3.8) is 0 Å². The molecule has 2 aromatic rings. The Bertz CT molecular complexity index is 538. The van der Waals surface area contributed by atoms with Crippen molar-refractivity contribution >= 4 is 22.6 Å². The Morgan fingerprint density at radius 3 is 2.32 bits per heavy atom. The Morgan fingerprint density at radius 1 is 0.955 bits per heavy atom. The van der Waals surface area contributed by atoms with E-state index in [-0.39, 0.29) is 5.50 Å². The number of para-hydroxylation sites is 1. The molecule has 122 valence electrons. The molecule has 0 aliphatic heterocycles. The van der Waals surface area contributed by atoms with E-state index in [1.165, 1.54) is 51.4 Å². The standard InChI is InChI=1S/C18H28ClN3/c1-2-3-4-5-6-7-8-9-10-15-18(19)22-17-14-12-11-13-16(17)20-21-22/h11-14,18H,2-10,15H2,1H3. The number of fused-ring (bicyclic) bond motifs is 1. The average Bonchev–Trinajstić information content (AvgIpc) is 2.97. The summed E-state index contributed by atoms with van der Waals surface area (Å²) in [5.41, 5.74) is 1.86. The van der Waals surface area contributed by atoms with E-state index >= 15 is 0 Å². The molecule has 0 saturated carbocycles. The maximum atomic E-state index is 6.48. The minimum absolute atomic E-state index is 0.0862. The number of rotatable bonds is 11. The molecule has 22 heavy (non-hydrogen) atoms. The third-order valence-electron chi connectivity index (χ3n) is 4.19. The zero-order chi connectivity index (χ0) is 15.6. The van der Waals surface area contributed by atoms with Gasteiger partial charge < -0.3 is 0 Å². The Hall–Kier alpha value is -1.09. The summed E-state index contributed by atoms with van der Waals surface area (Å²) in [6, 6.07) is 7.98. The first-order chi connectivity index (χ1) is 10.8. The van der Waals surface area contributed by atoms with Crippen LogP contribution in [0.15, 0.2) is 24.3 Å². The average molecular weight is 322 g/mol. The van der Waals surface area contributed by atoms with E-state index in [0.717, 1.165) is 23.9 Å². The normalized spacial score (nSPS) is 12.8. The number of benzene rings is 1. The van der Waals surface area contributed by atoms with Crippen LogP contribution in [0.3, 0.4) is 0 Å². The molecule has 1 aromatic carbocycles. The number of hydrogen-bond acceptors (Lipinski definition) is 2. The number of hydrogen-bond donors (Lipinski definition) is 0. The fraction of sp³-hybridized carbons (Fsp3) is 0.667. The van der Waals surface area contributed by atoms with Crippen LogP contribution in [0.2, 0.25) is 0 Å². The summed E-state index contributed by atoms with van der Waals surface area (Å²) in [6.07, 6.45) is 13.0. The van der Waals surface area contributed by atoms with E-state index in [1.54, 1.807) is 0 Å². The van der Waals surface area contributed by atoms with Gasteiger partial charge in [0.05, 0.1) is 5.52 Å². The van der Waals surface area contributed by atoms with E-state index < -0.39 is 0 Å². The van der Waals surface area contributed by atoms with Gasteiger partial charge in [-0.15, -0.1) is 5.10 Å². The molecule has 1 aromatic heterocycles. The molecule has 0 bridgehead atoms. The van der Waals surface area contributed by atoms with Crippen LogP contribution in [0, 0.1) is 0 Å². The molecule has 0 N–H and O–H groups in total. The second kappa shape index (κ2) is 9.83. The van der Waals surface area contributed by atoms with Gasteiger partial charge in [0.1, 0.15) is 11.0 Å². The molecule has 0 amide bonds. The second-order valence-electron chi connectivity index (χ2n) is 6.07. The first kappa shape index (κ1) is 17.3. The second-order valence-corrected chi connectivity index (χ2v) is 6.58. The molecule has 0 aliphatic rings. The molecular weight excluding hydrogens is 294 g/mol. The predicted octanol–water partition coefficient (Wildman–Crippen LogP) is 6.09. The summed E-state index contributed by atoms with van der Waals surface area (Å²) in [4.78, 5) is 0. The van der Waals surface area contributed by atoms with Crippen LogP contribution in [0.1, 0.15) is 76.6 Å². The van der Waals surface area contributed by atoms with Crippen molar-refractivity contribution in [2.24, 2.45) is 0 Å². The van der Waals surface area contributed by atoms with Gasteiger partial charge in [0.2, 0.25) is 0 Å². The molecule has 1 atom stereocenters. The summed E-state index contributed by atoms with van der Waals surface area (Å²) in [5, 5.41) is 8.35. The van der Waals surface area contributed by atoms with Crippen LogP contribution in [0.4, 0.5) is 0 Å². The van der Waals surface area contributed by atoms with Crippen molar-refractivity contribution in [2.45, 2.75) is 76.6 Å². The molecular formula is C18H28ClN3. The summed E-state index contributed by atoms with van der Waals surface area (Å²) in [7, 11) is 0. The zero-order valence-electron chi connectivity index (χ0n) is 13.7. The van der Waals surface area contributed by atoms with Gasteiger partial charge in [0.25, 0.3) is 0 Å². The highest BCUT2D eigenvalue weighted by Crippen LogP contribution is 2.24. The number of unbranched alkanes of at least 4 members (excludes halogenated alkanes) is 8. The van der Waals surface area contributed by atoms with Gasteiger partial charge >= 0.3 is 0 Å². The number of nitrogens with zero attached hydrogens (tertiary/aromatic N) is 3. The van der Waals surface area contributed by atoms with Gasteiger partial charge in [-0.2, -0.15) is 0 Å². The maximum Gasteiger partial charge on any atom is 0.128 e. The highest BCUT2D eigenvalue weighted by molar-refractivity contribution is 6.19. The highest BCUT2D eigenvalue weighted by Gasteiger charge is 2.12. The van der Waals surface area contributed by atoms with Gasteiger partial charge in [0.15, 0.2) is 0 Å². The fourth-order valence-corrected chi connectivity index (χ4v) is 3.14. The molecule has 4 heteroatoms. The predicted molar refractivity (Wildman–Crippen MR) is 94.3 cm³/mol. The van der Waals surface area contributed by atoms with Crippen molar-refractivity contribution in [1.82, 2.24) is 15.0 Å². The first-order valence-corrected chi connectivity index (χ1v) is 9.20. The lowest BCUT2D eigenvalue weighted by Gasteiger charge is -2.10. The number of alkyl halides is 1. The van der Waals surface area contributed by atoms with Crippen LogP contribution in [0.25, 0.3) is 11.0 Å². The molecule has 0 fully saturated rings. The SMILES string of the molecule is CCCCCCCCCCCC(Cl)n1nnc2ccccc21. The first-order valence-electron chi connectivity index (χ1n) is 8.77. The molecule has 1 unspecified atom stereocenters. The lowest BCUT2D eigenvalue weighted by molar-refractivity contribution is 0.500. The van der Waals surface area contributed by atoms with E-state index in [1.807, 2.05) is 28.9 Å². The Balaban J connectivity index is 1.61. The van der Waals surface area contributed by atoms with Crippen molar-refractivity contribution < 1.29 is 0 Å². The van der Waals surface area contributed by atoms with Crippen molar-refractivity contribution in [1.29, 1.82) is 0 Å². The topological polar surface area (TPSA) is 30.7 Å². The van der Waals surface area contributed by atoms with Gasteiger partial charge in [-0.25, -0.2) is 4.68 Å².